The van der Waals surface area contributed by atoms with E-state index in [0.717, 1.165) is 5.39 Å². The van der Waals surface area contributed by atoms with Crippen LogP contribution in [-0.4, -0.2) is 59.3 Å². The van der Waals surface area contributed by atoms with Crippen LogP contribution in [0.15, 0.2) is 36.7 Å². The molecule has 2 aromatic carbocycles. The highest BCUT2D eigenvalue weighted by Crippen LogP contribution is 2.36. The number of hydrogen-bond acceptors (Lipinski definition) is 8. The first-order valence-electron chi connectivity index (χ1n) is 13.5. The maximum atomic E-state index is 13.7. The van der Waals surface area contributed by atoms with E-state index in [0.29, 0.717) is 60.7 Å². The van der Waals surface area contributed by atoms with Crippen LogP contribution in [0.25, 0.3) is 10.9 Å². The topological polar surface area (TPSA) is 85.8 Å². The van der Waals surface area contributed by atoms with Crippen LogP contribution in [-0.2, 0) is 9.53 Å². The summed E-state index contributed by atoms with van der Waals surface area (Å²) in [5, 5.41) is 3.95. The minimum atomic E-state index is -0.534. The number of cyclic esters (lactones) is 1. The molecule has 208 valence electrons. The van der Waals surface area contributed by atoms with Crippen LogP contribution >= 0.6 is 11.6 Å². The molecular weight excluding hydrogens is 523 g/mol. The second kappa shape index (κ2) is 11.9. The van der Waals surface area contributed by atoms with Crippen molar-refractivity contribution in [3.8, 4) is 11.5 Å². The lowest BCUT2D eigenvalue weighted by Crippen LogP contribution is -2.51. The molecule has 10 heteroatoms. The van der Waals surface area contributed by atoms with E-state index in [4.69, 9.17) is 25.8 Å². The average Bonchev–Trinajstić information content (AvgIpc) is 2.89. The molecule has 8 nitrogen and oxygen atoms in total. The number of nitrogens with zero attached hydrogens (tertiary/aromatic N) is 3. The van der Waals surface area contributed by atoms with E-state index in [9.17, 15) is 9.18 Å². The summed E-state index contributed by atoms with van der Waals surface area (Å²) >= 11 is 5.97. The number of ether oxygens (including phenoxy) is 3. The number of carbonyl (C=O) groups excluding carboxylic acids is 1. The largest absolute Gasteiger partial charge is 0.489 e. The molecule has 2 fully saturated rings. The van der Waals surface area contributed by atoms with E-state index in [1.165, 1.54) is 50.6 Å². The number of fused-ring (bicyclic) bond motifs is 1. The molecule has 1 saturated heterocycles. The van der Waals surface area contributed by atoms with Crippen molar-refractivity contribution in [2.75, 3.05) is 38.2 Å². The van der Waals surface area contributed by atoms with Crippen LogP contribution in [0, 0.1) is 11.7 Å². The van der Waals surface area contributed by atoms with E-state index in [1.807, 2.05) is 30.9 Å². The second-order valence-electron chi connectivity index (χ2n) is 10.9. The number of halogens is 2. The number of carbonyl (C=O) groups is 1. The Balaban J connectivity index is 1.38. The van der Waals surface area contributed by atoms with Crippen LogP contribution in [0.5, 0.6) is 11.5 Å². The normalized spacial score (nSPS) is 18.1. The van der Waals surface area contributed by atoms with Crippen LogP contribution in [0.3, 0.4) is 0 Å². The Morgan fingerprint density at radius 2 is 1.92 bits per heavy atom. The third-order valence-corrected chi connectivity index (χ3v) is 7.38. The molecule has 39 heavy (non-hydrogen) atoms. The summed E-state index contributed by atoms with van der Waals surface area (Å²) in [5.74, 6) is 1.53. The zero-order chi connectivity index (χ0) is 27.4. The number of benzene rings is 2. The van der Waals surface area contributed by atoms with E-state index in [1.54, 1.807) is 6.07 Å². The molecule has 0 spiro atoms. The maximum absolute atomic E-state index is 13.7. The van der Waals surface area contributed by atoms with Gasteiger partial charge in [-0.2, -0.15) is 0 Å². The lowest BCUT2D eigenvalue weighted by molar-refractivity contribution is -0.169. The lowest BCUT2D eigenvalue weighted by atomic mass is 9.90. The van der Waals surface area contributed by atoms with Crippen LogP contribution in [0.2, 0.25) is 5.02 Å². The molecule has 1 aromatic heterocycles. The molecule has 5 rings (SSSR count). The second-order valence-corrected chi connectivity index (χ2v) is 11.3. The van der Waals surface area contributed by atoms with Gasteiger partial charge < -0.3 is 19.5 Å². The number of morpholine rings is 1. The van der Waals surface area contributed by atoms with E-state index < -0.39 is 11.4 Å². The number of aromatic nitrogens is 2. The Labute approximate surface area is 232 Å². The molecule has 1 aliphatic heterocycles. The third kappa shape index (κ3) is 7.08. The number of rotatable bonds is 9. The van der Waals surface area contributed by atoms with Gasteiger partial charge in [-0.1, -0.05) is 30.9 Å². The first-order valence-corrected chi connectivity index (χ1v) is 13.8. The Morgan fingerprint density at radius 1 is 1.13 bits per heavy atom. The summed E-state index contributed by atoms with van der Waals surface area (Å²) in [6, 6.07) is 8.15. The summed E-state index contributed by atoms with van der Waals surface area (Å²) < 4.78 is 31.6. The first kappa shape index (κ1) is 27.4. The molecule has 1 N–H and O–H groups in total. The fourth-order valence-corrected chi connectivity index (χ4v) is 5.43. The summed E-state index contributed by atoms with van der Waals surface area (Å²) in [4.78, 5) is 22.9. The molecule has 1 saturated carbocycles. The smallest absolute Gasteiger partial charge is 0.320 e. The summed E-state index contributed by atoms with van der Waals surface area (Å²) in [7, 11) is 0. The van der Waals surface area contributed by atoms with Gasteiger partial charge in [-0.25, -0.2) is 14.4 Å². The Kier molecular flexibility index (Phi) is 8.37. The Morgan fingerprint density at radius 3 is 2.69 bits per heavy atom. The number of nitrogens with one attached hydrogen (secondary N) is 1. The fraction of sp³-hybridized carbons (Fsp3) is 0.483. The highest BCUT2D eigenvalue weighted by molar-refractivity contribution is 6.31. The maximum Gasteiger partial charge on any atom is 0.320 e. The van der Waals surface area contributed by atoms with Crippen LogP contribution in [0.4, 0.5) is 15.9 Å². The molecular formula is C29H34ClFN4O4. The van der Waals surface area contributed by atoms with Crippen molar-refractivity contribution in [1.82, 2.24) is 14.9 Å². The Hall–Kier alpha value is -3.17. The van der Waals surface area contributed by atoms with Crippen LogP contribution < -0.4 is 14.8 Å². The van der Waals surface area contributed by atoms with Gasteiger partial charge in [0.05, 0.1) is 23.7 Å². The molecule has 0 amide bonds. The van der Waals surface area contributed by atoms with Gasteiger partial charge >= 0.3 is 5.97 Å². The number of esters is 1. The molecule has 0 radical (unpaired) electrons. The van der Waals surface area contributed by atoms with Crippen molar-refractivity contribution >= 4 is 40.0 Å². The molecule has 3 aromatic rings. The van der Waals surface area contributed by atoms with Crippen LogP contribution in [0.1, 0.15) is 46.0 Å². The van der Waals surface area contributed by atoms with Gasteiger partial charge in [-0.15, -0.1) is 0 Å². The predicted octanol–water partition coefficient (Wildman–Crippen LogP) is 6.14. The average molecular weight is 557 g/mol. The van der Waals surface area contributed by atoms with E-state index in [2.05, 4.69) is 15.3 Å². The van der Waals surface area contributed by atoms with Gasteiger partial charge in [0.25, 0.3) is 0 Å². The SMILES string of the molecule is CC1(C)CN(CCOc2cc3c(Nc4ccc(F)c(Cl)c4)ncnc3cc2OCC2CCCCC2)CC(=O)O1. The molecule has 2 heterocycles. The lowest BCUT2D eigenvalue weighted by Gasteiger charge is -2.37. The number of anilines is 2. The monoisotopic (exact) mass is 556 g/mol. The van der Waals surface area contributed by atoms with Crippen molar-refractivity contribution < 1.29 is 23.4 Å². The minimum absolute atomic E-state index is 0.0190. The molecule has 2 aliphatic rings. The first-order chi connectivity index (χ1) is 18.8. The predicted molar refractivity (Wildman–Crippen MR) is 148 cm³/mol. The summed E-state index contributed by atoms with van der Waals surface area (Å²) in [5.41, 5.74) is 0.751. The molecule has 0 atom stereocenters. The van der Waals surface area contributed by atoms with Crippen molar-refractivity contribution in [3.63, 3.8) is 0 Å². The van der Waals surface area contributed by atoms with Crippen molar-refractivity contribution in [2.45, 2.75) is 51.6 Å². The summed E-state index contributed by atoms with van der Waals surface area (Å²) in [6.45, 7) is 6.22. The van der Waals surface area contributed by atoms with Gasteiger partial charge in [0, 0.05) is 30.2 Å². The summed E-state index contributed by atoms with van der Waals surface area (Å²) in [6.07, 6.45) is 7.56. The van der Waals surface area contributed by atoms with Gasteiger partial charge in [-0.05, 0) is 56.9 Å². The van der Waals surface area contributed by atoms with Crippen molar-refractivity contribution in [1.29, 1.82) is 0 Å². The fourth-order valence-electron chi connectivity index (χ4n) is 5.25. The quantitative estimate of drug-likeness (QED) is 0.314. The third-order valence-electron chi connectivity index (χ3n) is 7.09. The van der Waals surface area contributed by atoms with E-state index >= 15 is 0 Å². The van der Waals surface area contributed by atoms with Crippen molar-refractivity contribution in [2.24, 2.45) is 5.92 Å². The van der Waals surface area contributed by atoms with Gasteiger partial charge in [0.15, 0.2) is 11.5 Å². The van der Waals surface area contributed by atoms with Crippen molar-refractivity contribution in [3.05, 3.63) is 47.5 Å². The van der Waals surface area contributed by atoms with Gasteiger partial charge in [0.1, 0.15) is 30.2 Å². The minimum Gasteiger partial charge on any atom is -0.489 e. The Bertz CT molecular complexity index is 1330. The zero-order valence-corrected chi connectivity index (χ0v) is 23.1. The number of hydrogen-bond donors (Lipinski definition) is 1. The van der Waals surface area contributed by atoms with Gasteiger partial charge in [-0.3, -0.25) is 9.69 Å². The molecule has 0 unspecified atom stereocenters. The zero-order valence-electron chi connectivity index (χ0n) is 22.3. The standard InChI is InChI=1S/C29H34ClFN4O4/c1-29(2)17-35(15-27(36)39-29)10-11-37-25-13-21-24(14-26(25)38-16-19-6-4-3-5-7-19)32-18-33-28(21)34-20-8-9-23(31)22(30)12-20/h8-9,12-14,18-19H,3-7,10-11,15-17H2,1-2H3,(H,32,33,34). The molecule has 0 bridgehead atoms. The highest BCUT2D eigenvalue weighted by atomic mass is 35.5. The molecule has 1 aliphatic carbocycles. The highest BCUT2D eigenvalue weighted by Gasteiger charge is 2.32. The van der Waals surface area contributed by atoms with Gasteiger partial charge in [0.2, 0.25) is 0 Å². The van der Waals surface area contributed by atoms with E-state index in [-0.39, 0.29) is 17.5 Å².